The number of hydrazone groups is 1. The van der Waals surface area contributed by atoms with Crippen molar-refractivity contribution in [2.24, 2.45) is 5.10 Å². The predicted octanol–water partition coefficient (Wildman–Crippen LogP) is 1.66. The molecule has 0 aliphatic carbocycles. The molecule has 0 atom stereocenters. The number of anilines is 1. The molecule has 0 spiro atoms. The van der Waals surface area contributed by atoms with Gasteiger partial charge in [0.15, 0.2) is 5.71 Å². The lowest BCUT2D eigenvalue weighted by atomic mass is 10.1. The molecule has 6 heteroatoms. The largest absolute Gasteiger partial charge is 0.309 e. The molecule has 0 radical (unpaired) electrons. The van der Waals surface area contributed by atoms with Gasteiger partial charge in [-0.25, -0.2) is 0 Å². The van der Waals surface area contributed by atoms with Gasteiger partial charge in [-0.3, -0.25) is 14.4 Å². The van der Waals surface area contributed by atoms with Gasteiger partial charge in [0, 0.05) is 12.6 Å². The molecule has 2 heterocycles. The SMILES string of the molecule is CN1C(=O)C(=NN2C(=O)c3ccccc3C2=O)c2ccccc21. The van der Waals surface area contributed by atoms with E-state index in [9.17, 15) is 14.4 Å². The van der Waals surface area contributed by atoms with E-state index in [4.69, 9.17) is 0 Å². The Morgan fingerprint density at radius 1 is 0.739 bits per heavy atom. The fourth-order valence-corrected chi connectivity index (χ4v) is 2.81. The van der Waals surface area contributed by atoms with Crippen molar-refractivity contribution in [3.05, 3.63) is 65.2 Å². The summed E-state index contributed by atoms with van der Waals surface area (Å²) in [7, 11) is 1.63. The molecule has 2 aliphatic heterocycles. The average molecular weight is 305 g/mol. The monoisotopic (exact) mass is 305 g/mol. The number of para-hydroxylation sites is 1. The van der Waals surface area contributed by atoms with Crippen LogP contribution in [0.5, 0.6) is 0 Å². The standard InChI is InChI=1S/C17H11N3O3/c1-19-13-9-5-4-8-12(13)14(17(19)23)18-20-15(21)10-6-2-3-7-11(10)16(20)22/h2-9H,1H3. The van der Waals surface area contributed by atoms with Crippen molar-refractivity contribution in [2.75, 3.05) is 11.9 Å². The first kappa shape index (κ1) is 13.4. The van der Waals surface area contributed by atoms with E-state index < -0.39 is 11.8 Å². The zero-order valence-electron chi connectivity index (χ0n) is 12.2. The molecule has 0 unspecified atom stereocenters. The van der Waals surface area contributed by atoms with Gasteiger partial charge in [-0.2, -0.15) is 10.1 Å². The molecule has 2 aromatic rings. The number of likely N-dealkylation sites (N-methyl/N-ethyl adjacent to an activating group) is 1. The third-order valence-corrected chi connectivity index (χ3v) is 4.00. The van der Waals surface area contributed by atoms with Gasteiger partial charge in [-0.1, -0.05) is 30.3 Å². The van der Waals surface area contributed by atoms with E-state index in [0.717, 1.165) is 5.01 Å². The number of amides is 3. The van der Waals surface area contributed by atoms with Crippen LogP contribution in [-0.4, -0.2) is 35.5 Å². The summed E-state index contributed by atoms with van der Waals surface area (Å²) in [5.74, 6) is -1.38. The molecule has 4 rings (SSSR count). The van der Waals surface area contributed by atoms with Gasteiger partial charge in [0.1, 0.15) is 0 Å². The van der Waals surface area contributed by atoms with Crippen LogP contribution < -0.4 is 4.90 Å². The number of imide groups is 1. The second-order valence-electron chi connectivity index (χ2n) is 5.30. The lowest BCUT2D eigenvalue weighted by Gasteiger charge is -2.08. The Morgan fingerprint density at radius 2 is 1.26 bits per heavy atom. The van der Waals surface area contributed by atoms with Crippen LogP contribution in [0.1, 0.15) is 26.3 Å². The Morgan fingerprint density at radius 3 is 1.87 bits per heavy atom. The van der Waals surface area contributed by atoms with E-state index in [1.54, 1.807) is 49.5 Å². The molecule has 3 amide bonds. The minimum Gasteiger partial charge on any atom is -0.309 e. The second-order valence-corrected chi connectivity index (χ2v) is 5.30. The van der Waals surface area contributed by atoms with Crippen molar-refractivity contribution >= 4 is 29.1 Å². The maximum atomic E-state index is 12.4. The minimum absolute atomic E-state index is 0.0950. The van der Waals surface area contributed by atoms with Gasteiger partial charge in [-0.05, 0) is 18.2 Å². The molecule has 0 fully saturated rings. The summed E-state index contributed by atoms with van der Waals surface area (Å²) >= 11 is 0. The highest BCUT2D eigenvalue weighted by atomic mass is 16.2. The molecule has 0 saturated carbocycles. The second kappa shape index (κ2) is 4.61. The Balaban J connectivity index is 1.82. The molecule has 112 valence electrons. The summed E-state index contributed by atoms with van der Waals surface area (Å²) in [6.07, 6.45) is 0. The maximum absolute atomic E-state index is 12.4. The summed E-state index contributed by atoms with van der Waals surface area (Å²) in [5.41, 5.74) is 2.00. The van der Waals surface area contributed by atoms with Crippen molar-refractivity contribution in [3.63, 3.8) is 0 Å². The Hall–Kier alpha value is -3.28. The van der Waals surface area contributed by atoms with Crippen LogP contribution in [0.4, 0.5) is 5.69 Å². The van der Waals surface area contributed by atoms with Crippen LogP contribution in [0.3, 0.4) is 0 Å². The highest BCUT2D eigenvalue weighted by Gasteiger charge is 2.38. The summed E-state index contributed by atoms with van der Waals surface area (Å²) in [6, 6.07) is 13.6. The summed E-state index contributed by atoms with van der Waals surface area (Å²) in [4.78, 5) is 38.6. The number of hydrogen-bond acceptors (Lipinski definition) is 4. The van der Waals surface area contributed by atoms with Gasteiger partial charge in [-0.15, -0.1) is 0 Å². The minimum atomic E-state index is -0.516. The fraction of sp³-hybridized carbons (Fsp3) is 0.0588. The number of carbonyl (C=O) groups is 3. The Bertz CT molecular complexity index is 882. The topological polar surface area (TPSA) is 70.1 Å². The Kier molecular flexibility index (Phi) is 2.68. The smallest absolute Gasteiger partial charge is 0.282 e. The number of rotatable bonds is 1. The number of carbonyl (C=O) groups excluding carboxylic acids is 3. The lowest BCUT2D eigenvalue weighted by Crippen LogP contribution is -2.30. The summed E-state index contributed by atoms with van der Waals surface area (Å²) in [5, 5.41) is 4.86. The van der Waals surface area contributed by atoms with Gasteiger partial charge in [0.05, 0.1) is 16.8 Å². The molecule has 23 heavy (non-hydrogen) atoms. The van der Waals surface area contributed by atoms with Crippen LogP contribution >= 0.6 is 0 Å². The fourth-order valence-electron chi connectivity index (χ4n) is 2.81. The molecule has 6 nitrogen and oxygen atoms in total. The quantitative estimate of drug-likeness (QED) is 0.752. The zero-order chi connectivity index (χ0) is 16.1. The predicted molar refractivity (Wildman–Crippen MR) is 83.3 cm³/mol. The zero-order valence-corrected chi connectivity index (χ0v) is 12.2. The van der Waals surface area contributed by atoms with Crippen molar-refractivity contribution in [1.29, 1.82) is 0 Å². The van der Waals surface area contributed by atoms with E-state index >= 15 is 0 Å². The first-order valence-corrected chi connectivity index (χ1v) is 7.03. The third kappa shape index (κ3) is 1.75. The first-order chi connectivity index (χ1) is 11.1. The Labute approximate surface area is 131 Å². The molecule has 2 aliphatic rings. The first-order valence-electron chi connectivity index (χ1n) is 7.03. The number of nitrogens with zero attached hydrogens (tertiary/aromatic N) is 3. The molecular formula is C17H11N3O3. The van der Waals surface area contributed by atoms with Crippen molar-refractivity contribution in [2.45, 2.75) is 0 Å². The van der Waals surface area contributed by atoms with Crippen LogP contribution in [0.25, 0.3) is 0 Å². The highest BCUT2D eigenvalue weighted by Crippen LogP contribution is 2.29. The van der Waals surface area contributed by atoms with Crippen molar-refractivity contribution in [1.82, 2.24) is 5.01 Å². The van der Waals surface area contributed by atoms with Crippen LogP contribution in [0.15, 0.2) is 53.6 Å². The molecule has 0 aromatic heterocycles. The van der Waals surface area contributed by atoms with E-state index in [0.29, 0.717) is 22.4 Å². The lowest BCUT2D eigenvalue weighted by molar-refractivity contribution is -0.112. The molecular weight excluding hydrogens is 294 g/mol. The molecule has 0 saturated heterocycles. The molecule has 2 aromatic carbocycles. The summed E-state index contributed by atoms with van der Waals surface area (Å²) in [6.45, 7) is 0. The summed E-state index contributed by atoms with van der Waals surface area (Å²) < 4.78 is 0. The van der Waals surface area contributed by atoms with Gasteiger partial charge < -0.3 is 4.90 Å². The molecule has 0 N–H and O–H groups in total. The third-order valence-electron chi connectivity index (χ3n) is 4.00. The van der Waals surface area contributed by atoms with Crippen molar-refractivity contribution in [3.8, 4) is 0 Å². The maximum Gasteiger partial charge on any atom is 0.282 e. The van der Waals surface area contributed by atoms with Gasteiger partial charge in [0.25, 0.3) is 17.7 Å². The highest BCUT2D eigenvalue weighted by molar-refractivity contribution is 6.54. The van der Waals surface area contributed by atoms with E-state index in [1.165, 1.54) is 4.90 Å². The van der Waals surface area contributed by atoms with Crippen LogP contribution in [0, 0.1) is 0 Å². The number of fused-ring (bicyclic) bond motifs is 2. The normalized spacial score (nSPS) is 18.0. The van der Waals surface area contributed by atoms with E-state index in [2.05, 4.69) is 5.10 Å². The average Bonchev–Trinajstić information content (AvgIpc) is 2.97. The molecule has 0 bridgehead atoms. The van der Waals surface area contributed by atoms with Gasteiger partial charge in [0.2, 0.25) is 0 Å². The van der Waals surface area contributed by atoms with Crippen LogP contribution in [-0.2, 0) is 4.79 Å². The number of hydrogen-bond donors (Lipinski definition) is 0. The van der Waals surface area contributed by atoms with Gasteiger partial charge >= 0.3 is 0 Å². The van der Waals surface area contributed by atoms with Crippen molar-refractivity contribution < 1.29 is 14.4 Å². The number of benzene rings is 2. The van der Waals surface area contributed by atoms with E-state index in [-0.39, 0.29) is 11.6 Å². The van der Waals surface area contributed by atoms with Crippen LogP contribution in [0.2, 0.25) is 0 Å². The van der Waals surface area contributed by atoms with E-state index in [1.807, 2.05) is 6.07 Å².